The SMILES string of the molecule is COC(=O)C1=C2Nc3ccccc3[C@@]23CCN2[C@H]3[C@H](C1)C[C@H]2C(C)O[Si](C)(C)C(C)(C)C. The number of para-hydroxylation sites is 1. The largest absolute Gasteiger partial charge is 0.466 e. The first-order chi connectivity index (χ1) is 15.0. The van der Waals surface area contributed by atoms with Crippen molar-refractivity contribution in [3.63, 3.8) is 0 Å². The standard InChI is InChI=1S/C26H38N2O3Si/c1-16(31-32(6,7)25(2,3)4)21-15-17-14-18(24(29)30-5)22-26(12-13-28(21)23(17)26)19-10-8-9-11-20(19)27-22/h8-11,16-17,21,23,27H,12-15H2,1-7H3/t16?,17-,21+,23+,26+/m1/s1. The van der Waals surface area contributed by atoms with E-state index in [0.29, 0.717) is 18.0 Å². The van der Waals surface area contributed by atoms with Gasteiger partial charge in [-0.25, -0.2) is 4.79 Å². The first-order valence-electron chi connectivity index (χ1n) is 12.1. The molecule has 32 heavy (non-hydrogen) atoms. The molecule has 4 aliphatic rings. The molecule has 1 aromatic rings. The molecular weight excluding hydrogens is 416 g/mol. The fourth-order valence-electron chi connectivity index (χ4n) is 6.82. The Morgan fingerprint density at radius 3 is 2.69 bits per heavy atom. The topological polar surface area (TPSA) is 50.8 Å². The zero-order valence-electron chi connectivity index (χ0n) is 20.6. The van der Waals surface area contributed by atoms with E-state index in [2.05, 4.69) is 75.3 Å². The molecule has 2 saturated heterocycles. The van der Waals surface area contributed by atoms with Crippen LogP contribution in [-0.2, 0) is 19.4 Å². The highest BCUT2D eigenvalue weighted by Gasteiger charge is 2.65. The molecule has 5 nitrogen and oxygen atoms in total. The van der Waals surface area contributed by atoms with Crippen LogP contribution >= 0.6 is 0 Å². The number of anilines is 1. The zero-order chi connectivity index (χ0) is 23.1. The molecule has 5 rings (SSSR count). The van der Waals surface area contributed by atoms with Gasteiger partial charge in [-0.3, -0.25) is 4.90 Å². The predicted molar refractivity (Wildman–Crippen MR) is 130 cm³/mol. The van der Waals surface area contributed by atoms with Crippen molar-refractivity contribution in [2.24, 2.45) is 5.92 Å². The lowest BCUT2D eigenvalue weighted by Crippen LogP contribution is -2.51. The van der Waals surface area contributed by atoms with Gasteiger partial charge in [0.2, 0.25) is 0 Å². The van der Waals surface area contributed by atoms with Gasteiger partial charge in [0.15, 0.2) is 8.32 Å². The Kier molecular flexibility index (Phi) is 4.98. The second kappa shape index (κ2) is 7.18. The van der Waals surface area contributed by atoms with Crippen molar-refractivity contribution in [3.8, 4) is 0 Å². The van der Waals surface area contributed by atoms with E-state index in [1.807, 2.05) is 0 Å². The monoisotopic (exact) mass is 454 g/mol. The molecule has 1 aliphatic carbocycles. The van der Waals surface area contributed by atoms with Gasteiger partial charge in [0.05, 0.1) is 24.2 Å². The van der Waals surface area contributed by atoms with E-state index in [0.717, 1.165) is 42.8 Å². The number of nitrogens with one attached hydrogen (secondary N) is 1. The first kappa shape index (κ1) is 22.2. The van der Waals surface area contributed by atoms with Crippen molar-refractivity contribution in [2.45, 2.75) is 88.7 Å². The summed E-state index contributed by atoms with van der Waals surface area (Å²) in [5, 5.41) is 3.86. The number of carbonyl (C=O) groups excluding carboxylic acids is 1. The summed E-state index contributed by atoms with van der Waals surface area (Å²) in [4.78, 5) is 15.6. The molecule has 2 fully saturated rings. The van der Waals surface area contributed by atoms with Crippen molar-refractivity contribution in [3.05, 3.63) is 41.1 Å². The van der Waals surface area contributed by atoms with E-state index < -0.39 is 8.32 Å². The van der Waals surface area contributed by atoms with Gasteiger partial charge in [-0.2, -0.15) is 0 Å². The molecule has 0 saturated carbocycles. The molecule has 6 heteroatoms. The lowest BCUT2D eigenvalue weighted by Gasteiger charge is -2.42. The normalized spacial score (nSPS) is 32.3. The van der Waals surface area contributed by atoms with Gasteiger partial charge in [0.1, 0.15) is 0 Å². The van der Waals surface area contributed by atoms with Crippen molar-refractivity contribution >= 4 is 20.0 Å². The van der Waals surface area contributed by atoms with Crippen LogP contribution < -0.4 is 5.32 Å². The second-order valence-electron chi connectivity index (χ2n) is 11.8. The van der Waals surface area contributed by atoms with Crippen molar-refractivity contribution in [2.75, 3.05) is 19.0 Å². The maximum absolute atomic E-state index is 12.9. The molecule has 1 unspecified atom stereocenters. The van der Waals surface area contributed by atoms with Crippen LogP contribution in [0.3, 0.4) is 0 Å². The van der Waals surface area contributed by atoms with Gasteiger partial charge >= 0.3 is 5.97 Å². The van der Waals surface area contributed by atoms with Crippen LogP contribution in [0.2, 0.25) is 18.1 Å². The van der Waals surface area contributed by atoms with E-state index in [1.165, 1.54) is 12.7 Å². The van der Waals surface area contributed by atoms with Crippen LogP contribution in [0.25, 0.3) is 0 Å². The van der Waals surface area contributed by atoms with Gasteiger partial charge in [-0.05, 0) is 61.9 Å². The Bertz CT molecular complexity index is 982. The van der Waals surface area contributed by atoms with Crippen LogP contribution in [0.5, 0.6) is 0 Å². The maximum Gasteiger partial charge on any atom is 0.335 e. The third kappa shape index (κ3) is 2.92. The molecular formula is C26H38N2O3Si. The van der Waals surface area contributed by atoms with E-state index >= 15 is 0 Å². The van der Waals surface area contributed by atoms with Gasteiger partial charge < -0.3 is 14.5 Å². The van der Waals surface area contributed by atoms with Crippen LogP contribution in [-0.4, -0.2) is 51.0 Å². The summed E-state index contributed by atoms with van der Waals surface area (Å²) in [6, 6.07) is 9.44. The molecule has 1 N–H and O–H groups in total. The van der Waals surface area contributed by atoms with E-state index in [9.17, 15) is 4.79 Å². The lowest BCUT2D eigenvalue weighted by atomic mass is 9.63. The average molecular weight is 455 g/mol. The summed E-state index contributed by atoms with van der Waals surface area (Å²) in [7, 11) is -0.355. The predicted octanol–water partition coefficient (Wildman–Crippen LogP) is 5.05. The van der Waals surface area contributed by atoms with Gasteiger partial charge in [0, 0.05) is 30.0 Å². The molecule has 1 spiro atoms. The Balaban J connectivity index is 1.54. The smallest absolute Gasteiger partial charge is 0.335 e. The summed E-state index contributed by atoms with van der Waals surface area (Å²) in [6.07, 6.45) is 3.09. The highest BCUT2D eigenvalue weighted by atomic mass is 28.4. The number of rotatable bonds is 4. The summed E-state index contributed by atoms with van der Waals surface area (Å²) >= 11 is 0. The average Bonchev–Trinajstić information content (AvgIpc) is 3.39. The minimum Gasteiger partial charge on any atom is -0.466 e. The Hall–Kier alpha value is -1.63. The summed E-state index contributed by atoms with van der Waals surface area (Å²) < 4.78 is 12.1. The van der Waals surface area contributed by atoms with Crippen LogP contribution in [0.15, 0.2) is 35.5 Å². The molecule has 0 bridgehead atoms. The molecule has 0 aromatic heterocycles. The molecule has 0 radical (unpaired) electrons. The van der Waals surface area contributed by atoms with Crippen LogP contribution in [0.1, 0.15) is 52.5 Å². The number of esters is 1. The number of hydrogen-bond acceptors (Lipinski definition) is 5. The molecule has 3 heterocycles. The number of hydrogen-bond donors (Lipinski definition) is 1. The Labute approximate surface area is 193 Å². The molecule has 3 aliphatic heterocycles. The number of benzene rings is 1. The second-order valence-corrected chi connectivity index (χ2v) is 16.5. The number of fused-ring (bicyclic) bond motifs is 1. The van der Waals surface area contributed by atoms with E-state index in [1.54, 1.807) is 0 Å². The first-order valence-corrected chi connectivity index (χ1v) is 15.0. The third-order valence-corrected chi connectivity index (χ3v) is 13.8. The maximum atomic E-state index is 12.9. The fourth-order valence-corrected chi connectivity index (χ4v) is 8.26. The molecule has 174 valence electrons. The van der Waals surface area contributed by atoms with Gasteiger partial charge in [0.25, 0.3) is 0 Å². The molecule has 0 amide bonds. The third-order valence-electron chi connectivity index (χ3n) is 9.19. The Morgan fingerprint density at radius 1 is 1.28 bits per heavy atom. The molecule has 1 aromatic carbocycles. The summed E-state index contributed by atoms with van der Waals surface area (Å²) in [5.41, 5.74) is 4.33. The highest BCUT2D eigenvalue weighted by molar-refractivity contribution is 6.74. The quantitative estimate of drug-likeness (QED) is 0.509. The van der Waals surface area contributed by atoms with Crippen molar-refractivity contribution < 1.29 is 14.0 Å². The Morgan fingerprint density at radius 2 is 2.00 bits per heavy atom. The van der Waals surface area contributed by atoms with Crippen LogP contribution in [0, 0.1) is 5.92 Å². The lowest BCUT2D eigenvalue weighted by molar-refractivity contribution is -0.136. The van der Waals surface area contributed by atoms with Crippen molar-refractivity contribution in [1.29, 1.82) is 0 Å². The fraction of sp³-hybridized carbons (Fsp3) is 0.654. The number of ether oxygens (including phenoxy) is 1. The zero-order valence-corrected chi connectivity index (χ0v) is 21.6. The summed E-state index contributed by atoms with van der Waals surface area (Å²) in [6.45, 7) is 15.0. The van der Waals surface area contributed by atoms with Gasteiger partial charge in [-0.15, -0.1) is 0 Å². The van der Waals surface area contributed by atoms with Gasteiger partial charge in [-0.1, -0.05) is 39.0 Å². The van der Waals surface area contributed by atoms with Crippen molar-refractivity contribution in [1.82, 2.24) is 4.90 Å². The number of carbonyl (C=O) groups is 1. The number of nitrogens with zero attached hydrogens (tertiary/aromatic N) is 1. The molecule has 5 atom stereocenters. The van der Waals surface area contributed by atoms with E-state index in [-0.39, 0.29) is 22.5 Å². The highest BCUT2D eigenvalue weighted by Crippen LogP contribution is 2.62. The van der Waals surface area contributed by atoms with E-state index in [4.69, 9.17) is 9.16 Å². The minimum atomic E-state index is -1.86. The van der Waals surface area contributed by atoms with Crippen LogP contribution in [0.4, 0.5) is 5.69 Å². The number of methoxy groups -OCH3 is 1. The minimum absolute atomic E-state index is 0.130. The summed E-state index contributed by atoms with van der Waals surface area (Å²) in [5.74, 6) is 0.268.